The van der Waals surface area contributed by atoms with Crippen molar-refractivity contribution >= 4 is 34.6 Å². The molecule has 0 aliphatic carbocycles. The molecule has 2 aliphatic heterocycles. The normalized spacial score (nSPS) is 17.0. The van der Waals surface area contributed by atoms with Gasteiger partial charge in [-0.25, -0.2) is 0 Å². The molecule has 13 heteroatoms. The van der Waals surface area contributed by atoms with E-state index in [-0.39, 0.29) is 23.5 Å². The molecule has 0 saturated carbocycles. The van der Waals surface area contributed by atoms with Crippen molar-refractivity contribution in [1.82, 2.24) is 4.90 Å². The first-order valence-electron chi connectivity index (χ1n) is 13.1. The number of carbonyl (C=O) groups excluding carboxylic acids is 1. The van der Waals surface area contributed by atoms with Crippen LogP contribution in [0.5, 0.6) is 11.5 Å². The average molecular weight is 622 g/mol. The van der Waals surface area contributed by atoms with Crippen molar-refractivity contribution in [3.8, 4) is 11.5 Å². The molecule has 3 aromatic carbocycles. The summed E-state index contributed by atoms with van der Waals surface area (Å²) in [6.45, 7) is 2.33. The molecule has 3 aromatic rings. The first kappa shape index (κ1) is 30.3. The fraction of sp³-hybridized carbons (Fsp3) is 0.267. The third-order valence-corrected chi connectivity index (χ3v) is 7.94. The number of alkyl halides is 6. The number of carbonyl (C=O) groups is 1. The molecule has 1 fully saturated rings. The van der Waals surface area contributed by atoms with Gasteiger partial charge in [0.05, 0.1) is 23.1 Å². The predicted octanol–water partition coefficient (Wildman–Crippen LogP) is 7.10. The number of aliphatic imine (C=N–C) groups is 1. The van der Waals surface area contributed by atoms with Gasteiger partial charge in [0.25, 0.3) is 5.91 Å². The number of methoxy groups -OCH3 is 1. The van der Waals surface area contributed by atoms with E-state index in [2.05, 4.69) is 26.9 Å². The molecule has 0 N–H and O–H groups in total. The van der Waals surface area contributed by atoms with Crippen LogP contribution in [0.4, 0.5) is 32.0 Å². The fourth-order valence-corrected chi connectivity index (χ4v) is 5.64. The highest BCUT2D eigenvalue weighted by Crippen LogP contribution is 2.39. The van der Waals surface area contributed by atoms with Gasteiger partial charge in [0.2, 0.25) is 0 Å². The number of hydrogen-bond acceptors (Lipinski definition) is 6. The second-order valence-corrected chi connectivity index (χ2v) is 10.7. The van der Waals surface area contributed by atoms with Crippen LogP contribution in [0, 0.1) is 0 Å². The number of ether oxygens (including phenoxy) is 2. The first-order valence-corrected chi connectivity index (χ1v) is 13.9. The number of thioether (sulfide) groups is 1. The van der Waals surface area contributed by atoms with E-state index in [4.69, 9.17) is 9.47 Å². The molecule has 1 amide bonds. The van der Waals surface area contributed by atoms with E-state index in [1.54, 1.807) is 18.2 Å². The van der Waals surface area contributed by atoms with E-state index >= 15 is 0 Å². The number of hydrogen-bond donors (Lipinski definition) is 0. The summed E-state index contributed by atoms with van der Waals surface area (Å²) in [4.78, 5) is 21.6. The number of amides is 1. The monoisotopic (exact) mass is 621 g/mol. The zero-order valence-corrected chi connectivity index (χ0v) is 23.5. The van der Waals surface area contributed by atoms with E-state index in [1.807, 2.05) is 18.2 Å². The van der Waals surface area contributed by atoms with Crippen LogP contribution in [0.1, 0.15) is 22.3 Å². The maximum atomic E-state index is 13.5. The Labute approximate surface area is 247 Å². The summed E-state index contributed by atoms with van der Waals surface area (Å²) in [5, 5.41) is 0.618. The van der Waals surface area contributed by atoms with E-state index < -0.39 is 35.6 Å². The number of piperazine rings is 1. The molecule has 0 atom stereocenters. The summed E-state index contributed by atoms with van der Waals surface area (Å²) in [7, 11) is 1.34. The second-order valence-electron chi connectivity index (χ2n) is 9.69. The Morgan fingerprint density at radius 3 is 2.21 bits per heavy atom. The van der Waals surface area contributed by atoms with Gasteiger partial charge < -0.3 is 19.3 Å². The Morgan fingerprint density at radius 1 is 0.860 bits per heavy atom. The van der Waals surface area contributed by atoms with Crippen LogP contribution in [0.2, 0.25) is 0 Å². The predicted molar refractivity (Wildman–Crippen MR) is 152 cm³/mol. The van der Waals surface area contributed by atoms with Gasteiger partial charge in [-0.05, 0) is 59.8 Å². The Bertz CT molecular complexity index is 1550. The Balaban J connectivity index is 1.25. The number of nitrogens with zero attached hydrogens (tertiary/aromatic N) is 3. The van der Waals surface area contributed by atoms with Crippen molar-refractivity contribution in [1.29, 1.82) is 0 Å². The molecule has 1 saturated heterocycles. The molecule has 2 heterocycles. The first-order chi connectivity index (χ1) is 20.4. The van der Waals surface area contributed by atoms with Crippen LogP contribution in [0.25, 0.3) is 6.08 Å². The van der Waals surface area contributed by atoms with E-state index in [1.165, 1.54) is 24.9 Å². The summed E-state index contributed by atoms with van der Waals surface area (Å²) in [5.74, 6) is -0.133. The second kappa shape index (κ2) is 12.2. The van der Waals surface area contributed by atoms with Crippen LogP contribution >= 0.6 is 11.8 Å². The third kappa shape index (κ3) is 7.10. The minimum absolute atomic E-state index is 0.0704. The molecule has 0 unspecified atom stereocenters. The van der Waals surface area contributed by atoms with Gasteiger partial charge in [0.15, 0.2) is 16.7 Å². The highest BCUT2D eigenvalue weighted by Gasteiger charge is 2.38. The molecule has 2 aliphatic rings. The molecule has 5 rings (SSSR count). The number of amidine groups is 1. The van der Waals surface area contributed by atoms with Gasteiger partial charge in [-0.15, -0.1) is 0 Å². The maximum Gasteiger partial charge on any atom is 0.416 e. The lowest BCUT2D eigenvalue weighted by atomic mass is 10.0. The van der Waals surface area contributed by atoms with Crippen molar-refractivity contribution in [3.05, 3.63) is 93.9 Å². The summed E-state index contributed by atoms with van der Waals surface area (Å²) >= 11 is 1.26. The summed E-state index contributed by atoms with van der Waals surface area (Å²) in [6.07, 6.45) is -8.30. The smallest absolute Gasteiger partial charge is 0.416 e. The van der Waals surface area contributed by atoms with Crippen LogP contribution in [-0.2, 0) is 23.8 Å². The van der Waals surface area contributed by atoms with Gasteiger partial charge >= 0.3 is 12.4 Å². The zero-order chi connectivity index (χ0) is 30.8. The molecule has 0 aromatic heterocycles. The van der Waals surface area contributed by atoms with Gasteiger partial charge in [0.1, 0.15) is 6.61 Å². The lowest BCUT2D eigenvalue weighted by Crippen LogP contribution is -2.47. The third-order valence-electron chi connectivity index (χ3n) is 6.89. The minimum atomic E-state index is -5.01. The number of para-hydroxylation sites is 1. The number of benzene rings is 3. The van der Waals surface area contributed by atoms with Crippen LogP contribution in [-0.4, -0.2) is 49.3 Å². The molecule has 0 spiro atoms. The fourth-order valence-electron chi connectivity index (χ4n) is 4.67. The van der Waals surface area contributed by atoms with Crippen LogP contribution in [0.3, 0.4) is 0 Å². The molecular formula is C30H25F6N3O3S. The Kier molecular flexibility index (Phi) is 8.63. The number of anilines is 1. The zero-order valence-electron chi connectivity index (χ0n) is 22.7. The highest BCUT2D eigenvalue weighted by molar-refractivity contribution is 8.18. The molecule has 226 valence electrons. The average Bonchev–Trinajstić information content (AvgIpc) is 3.35. The summed E-state index contributed by atoms with van der Waals surface area (Å²) in [6, 6.07) is 16.1. The minimum Gasteiger partial charge on any atom is -0.493 e. The van der Waals surface area contributed by atoms with Crippen molar-refractivity contribution < 1.29 is 40.6 Å². The lowest BCUT2D eigenvalue weighted by Gasteiger charge is -2.36. The molecule has 43 heavy (non-hydrogen) atoms. The molecule has 0 bridgehead atoms. The van der Waals surface area contributed by atoms with Crippen molar-refractivity contribution in [3.63, 3.8) is 0 Å². The quantitative estimate of drug-likeness (QED) is 0.216. The van der Waals surface area contributed by atoms with Crippen molar-refractivity contribution in [2.75, 3.05) is 38.2 Å². The van der Waals surface area contributed by atoms with Gasteiger partial charge in [-0.2, -0.15) is 31.3 Å². The summed E-state index contributed by atoms with van der Waals surface area (Å²) < 4.78 is 90.3. The van der Waals surface area contributed by atoms with Crippen LogP contribution in [0.15, 0.2) is 76.6 Å². The molecule has 6 nitrogen and oxygen atoms in total. The Hall–Kier alpha value is -4.13. The van der Waals surface area contributed by atoms with Crippen molar-refractivity contribution in [2.24, 2.45) is 4.99 Å². The topological polar surface area (TPSA) is 54.4 Å². The highest BCUT2D eigenvalue weighted by atomic mass is 32.2. The van der Waals surface area contributed by atoms with Gasteiger partial charge in [0, 0.05) is 37.4 Å². The van der Waals surface area contributed by atoms with Gasteiger partial charge in [-0.1, -0.05) is 30.3 Å². The standard InChI is InChI=1S/C30H25F6N3O3S/c1-41-25-15-19(7-10-24(25)42-18-20-8-9-21(29(31,32)33)17-23(20)30(34,35)36)16-26-27(40)37-28(43-26)39-13-11-38(12-14-39)22-5-3-2-4-6-22/h2-10,15-17H,11-14,18H2,1H3. The van der Waals surface area contributed by atoms with Gasteiger partial charge in [-0.3, -0.25) is 4.79 Å². The van der Waals surface area contributed by atoms with E-state index in [0.717, 1.165) is 24.8 Å². The number of rotatable bonds is 6. The number of halogens is 6. The largest absolute Gasteiger partial charge is 0.493 e. The molecule has 0 radical (unpaired) electrons. The van der Waals surface area contributed by atoms with Crippen molar-refractivity contribution in [2.45, 2.75) is 19.0 Å². The Morgan fingerprint density at radius 2 is 1.56 bits per heavy atom. The SMILES string of the molecule is COc1cc(C=C2SC(N3CCN(c4ccccc4)CC3)=NC2=O)ccc1OCc1ccc(C(F)(F)F)cc1C(F)(F)F. The molecular weight excluding hydrogens is 596 g/mol. The lowest BCUT2D eigenvalue weighted by molar-refractivity contribution is -0.143. The van der Waals surface area contributed by atoms with E-state index in [0.29, 0.717) is 34.8 Å². The summed E-state index contributed by atoms with van der Waals surface area (Å²) in [5.41, 5.74) is -1.59. The van der Waals surface area contributed by atoms with Crippen LogP contribution < -0.4 is 14.4 Å². The van der Waals surface area contributed by atoms with E-state index in [9.17, 15) is 31.1 Å². The maximum absolute atomic E-state index is 13.5.